The van der Waals surface area contributed by atoms with Crippen molar-refractivity contribution in [1.82, 2.24) is 5.32 Å². The van der Waals surface area contributed by atoms with Crippen LogP contribution in [0.2, 0.25) is 0 Å². The van der Waals surface area contributed by atoms with Gasteiger partial charge in [0.2, 0.25) is 5.91 Å². The lowest BCUT2D eigenvalue weighted by Gasteiger charge is -2.25. The number of hydrogen-bond donors (Lipinski definition) is 1. The monoisotopic (exact) mass is 237 g/mol. The van der Waals surface area contributed by atoms with Gasteiger partial charge < -0.3 is 5.32 Å². The lowest BCUT2D eigenvalue weighted by molar-refractivity contribution is -0.120. The van der Waals surface area contributed by atoms with E-state index in [1.807, 2.05) is 30.0 Å². The van der Waals surface area contributed by atoms with E-state index in [9.17, 15) is 4.79 Å². The van der Waals surface area contributed by atoms with Gasteiger partial charge in [-0.15, -0.1) is 11.8 Å². The van der Waals surface area contributed by atoms with E-state index in [2.05, 4.69) is 31.3 Å². The van der Waals surface area contributed by atoms with E-state index < -0.39 is 0 Å². The minimum atomic E-state index is -0.117. The molecule has 1 aromatic rings. The van der Waals surface area contributed by atoms with Gasteiger partial charge in [0.1, 0.15) is 0 Å². The molecule has 1 amide bonds. The number of hydrogen-bond acceptors (Lipinski definition) is 2. The third-order valence-corrected chi connectivity index (χ3v) is 3.27. The van der Waals surface area contributed by atoms with Crippen LogP contribution < -0.4 is 5.32 Å². The van der Waals surface area contributed by atoms with Gasteiger partial charge in [0.15, 0.2) is 0 Å². The van der Waals surface area contributed by atoms with E-state index in [1.165, 1.54) is 4.90 Å². The van der Waals surface area contributed by atoms with Crippen LogP contribution in [-0.4, -0.2) is 17.2 Å². The largest absolute Gasteiger partial charge is 0.351 e. The molecular weight excluding hydrogens is 218 g/mol. The molecule has 0 saturated carbocycles. The first-order valence-electron chi connectivity index (χ1n) is 5.46. The van der Waals surface area contributed by atoms with E-state index in [1.54, 1.807) is 6.92 Å². The Bertz CT molecular complexity index is 335. The Kier molecular flexibility index (Phi) is 4.87. The molecule has 2 nitrogen and oxygen atoms in total. The van der Waals surface area contributed by atoms with Gasteiger partial charge in [-0.2, -0.15) is 0 Å². The molecule has 0 aliphatic carbocycles. The minimum absolute atomic E-state index is 0.0368. The van der Waals surface area contributed by atoms with Gasteiger partial charge in [0.05, 0.1) is 0 Å². The number of rotatable bonds is 5. The molecule has 88 valence electrons. The predicted octanol–water partition coefficient (Wildman–Crippen LogP) is 3.08. The summed E-state index contributed by atoms with van der Waals surface area (Å²) in [5.74, 6) is 1.05. The first kappa shape index (κ1) is 13.1. The fourth-order valence-corrected chi connectivity index (χ4v) is 2.68. The zero-order valence-corrected chi connectivity index (χ0v) is 10.9. The molecule has 0 aliphatic rings. The maximum absolute atomic E-state index is 11.0. The molecule has 0 heterocycles. The molecule has 1 rings (SSSR count). The predicted molar refractivity (Wildman–Crippen MR) is 69.7 cm³/mol. The molecule has 0 unspecified atom stereocenters. The van der Waals surface area contributed by atoms with Crippen molar-refractivity contribution in [1.29, 1.82) is 0 Å². The maximum atomic E-state index is 11.0. The van der Waals surface area contributed by atoms with Gasteiger partial charge in [-0.25, -0.2) is 0 Å². The molecule has 0 spiro atoms. The summed E-state index contributed by atoms with van der Waals surface area (Å²) in [7, 11) is 0. The van der Waals surface area contributed by atoms with E-state index >= 15 is 0 Å². The Balaban J connectivity index is 2.32. The van der Waals surface area contributed by atoms with Crippen molar-refractivity contribution in [3.05, 3.63) is 30.3 Å². The van der Waals surface area contributed by atoms with Gasteiger partial charge in [-0.05, 0) is 32.4 Å². The Morgan fingerprint density at radius 1 is 1.31 bits per heavy atom. The van der Waals surface area contributed by atoms with Crippen molar-refractivity contribution in [3.8, 4) is 0 Å². The van der Waals surface area contributed by atoms with Crippen molar-refractivity contribution >= 4 is 17.7 Å². The Morgan fingerprint density at radius 2 is 1.94 bits per heavy atom. The van der Waals surface area contributed by atoms with E-state index in [4.69, 9.17) is 0 Å². The van der Waals surface area contributed by atoms with Gasteiger partial charge in [0.25, 0.3) is 0 Å². The maximum Gasteiger partial charge on any atom is 0.217 e. The van der Waals surface area contributed by atoms with Crippen molar-refractivity contribution in [3.63, 3.8) is 0 Å². The quantitative estimate of drug-likeness (QED) is 0.797. The minimum Gasteiger partial charge on any atom is -0.351 e. The highest BCUT2D eigenvalue weighted by molar-refractivity contribution is 7.99. The van der Waals surface area contributed by atoms with Crippen LogP contribution in [0.25, 0.3) is 0 Å². The van der Waals surface area contributed by atoms with Crippen molar-refractivity contribution < 1.29 is 4.79 Å². The summed E-state index contributed by atoms with van der Waals surface area (Å²) < 4.78 is 0. The number of thioether (sulfide) groups is 1. The van der Waals surface area contributed by atoms with Gasteiger partial charge >= 0.3 is 0 Å². The van der Waals surface area contributed by atoms with E-state index in [0.717, 1.165) is 12.2 Å². The van der Waals surface area contributed by atoms with Gasteiger partial charge in [-0.3, -0.25) is 4.79 Å². The molecule has 0 aliphatic heterocycles. The van der Waals surface area contributed by atoms with Crippen molar-refractivity contribution in [2.24, 2.45) is 0 Å². The molecule has 0 fully saturated rings. The molecule has 16 heavy (non-hydrogen) atoms. The lowest BCUT2D eigenvalue weighted by atomic mass is 10.0. The molecular formula is C13H19NOS. The molecule has 0 saturated heterocycles. The smallest absolute Gasteiger partial charge is 0.217 e. The lowest BCUT2D eigenvalue weighted by Crippen LogP contribution is -2.42. The Hall–Kier alpha value is -0.960. The van der Waals surface area contributed by atoms with Crippen LogP contribution in [0.4, 0.5) is 0 Å². The zero-order valence-electron chi connectivity index (χ0n) is 10.1. The van der Waals surface area contributed by atoms with E-state index in [0.29, 0.717) is 0 Å². The van der Waals surface area contributed by atoms with Crippen LogP contribution in [0.3, 0.4) is 0 Å². The Morgan fingerprint density at radius 3 is 2.50 bits per heavy atom. The second-order valence-electron chi connectivity index (χ2n) is 4.48. The molecule has 0 atom stereocenters. The van der Waals surface area contributed by atoms with Crippen LogP contribution in [-0.2, 0) is 4.79 Å². The van der Waals surface area contributed by atoms with Crippen molar-refractivity contribution in [2.75, 3.05) is 5.75 Å². The fraction of sp³-hybridized carbons (Fsp3) is 0.462. The molecule has 0 radical (unpaired) electrons. The van der Waals surface area contributed by atoms with Crippen LogP contribution in [0.1, 0.15) is 27.2 Å². The summed E-state index contributed by atoms with van der Waals surface area (Å²) >= 11 is 1.82. The summed E-state index contributed by atoms with van der Waals surface area (Å²) in [5.41, 5.74) is -0.117. The fourth-order valence-electron chi connectivity index (χ4n) is 1.48. The zero-order chi connectivity index (χ0) is 12.0. The highest BCUT2D eigenvalue weighted by atomic mass is 32.2. The van der Waals surface area contributed by atoms with Gasteiger partial charge in [0, 0.05) is 23.1 Å². The third kappa shape index (κ3) is 5.21. The number of amides is 1. The molecule has 1 aromatic carbocycles. The highest BCUT2D eigenvalue weighted by Crippen LogP contribution is 2.21. The first-order chi connectivity index (χ1) is 7.49. The molecule has 3 heteroatoms. The summed E-state index contributed by atoms with van der Waals surface area (Å²) in [5, 5.41) is 2.95. The van der Waals surface area contributed by atoms with Gasteiger partial charge in [-0.1, -0.05) is 18.2 Å². The molecule has 1 N–H and O–H groups in total. The van der Waals surface area contributed by atoms with Crippen molar-refractivity contribution in [2.45, 2.75) is 37.6 Å². The van der Waals surface area contributed by atoms with E-state index in [-0.39, 0.29) is 11.4 Å². The van der Waals surface area contributed by atoms with Crippen LogP contribution in [0, 0.1) is 0 Å². The summed E-state index contributed by atoms with van der Waals surface area (Å²) in [6.45, 7) is 5.67. The average Bonchev–Trinajstić information content (AvgIpc) is 2.16. The summed E-state index contributed by atoms with van der Waals surface area (Å²) in [6, 6.07) is 10.3. The first-order valence-corrected chi connectivity index (χ1v) is 6.45. The highest BCUT2D eigenvalue weighted by Gasteiger charge is 2.17. The van der Waals surface area contributed by atoms with Crippen LogP contribution >= 0.6 is 11.8 Å². The number of carbonyl (C=O) groups excluding carboxylic acids is 1. The van der Waals surface area contributed by atoms with Crippen LogP contribution in [0.5, 0.6) is 0 Å². The Labute approximate surface area is 102 Å². The third-order valence-electron chi connectivity index (χ3n) is 2.25. The summed E-state index contributed by atoms with van der Waals surface area (Å²) in [4.78, 5) is 12.3. The standard InChI is InChI=1S/C13H19NOS/c1-11(15)14-13(2,3)9-10-16-12-7-5-4-6-8-12/h4-8H,9-10H2,1-3H3,(H,14,15). The second-order valence-corrected chi connectivity index (χ2v) is 5.64. The molecule has 0 aromatic heterocycles. The second kappa shape index (κ2) is 5.94. The average molecular weight is 237 g/mol. The number of benzene rings is 1. The van der Waals surface area contributed by atoms with Crippen LogP contribution in [0.15, 0.2) is 35.2 Å². The summed E-state index contributed by atoms with van der Waals surface area (Å²) in [6.07, 6.45) is 0.964. The topological polar surface area (TPSA) is 29.1 Å². The number of nitrogens with one attached hydrogen (secondary N) is 1. The SMILES string of the molecule is CC(=O)NC(C)(C)CCSc1ccccc1. The molecule has 0 bridgehead atoms. The number of carbonyl (C=O) groups is 1. The normalized spacial score (nSPS) is 11.2.